The van der Waals surface area contributed by atoms with Gasteiger partial charge < -0.3 is 20.3 Å². The van der Waals surface area contributed by atoms with Gasteiger partial charge in [-0.2, -0.15) is 36.5 Å². The number of fused-ring (bicyclic) bond motifs is 2. The molecular weight excluding hydrogens is 816 g/mol. The van der Waals surface area contributed by atoms with Gasteiger partial charge in [-0.1, -0.05) is 12.1 Å². The second-order valence-electron chi connectivity index (χ2n) is 12.8. The predicted octanol–water partition coefficient (Wildman–Crippen LogP) is 6.22. The van der Waals surface area contributed by atoms with Crippen molar-refractivity contribution in [2.45, 2.75) is 18.8 Å². The quantitative estimate of drug-likeness (QED) is 0.148. The molecule has 8 heterocycles. The minimum absolute atomic E-state index is 0.0364. The fraction of sp³-hybridized carbons (Fsp3) is 0.179. The van der Waals surface area contributed by atoms with Gasteiger partial charge in [0.2, 0.25) is 11.8 Å². The maximum absolute atomic E-state index is 12.8. The van der Waals surface area contributed by atoms with Crippen molar-refractivity contribution in [2.24, 2.45) is 14.1 Å². The Balaban J connectivity index is 0.000000172. The van der Waals surface area contributed by atoms with Crippen LogP contribution in [0.4, 0.5) is 32.2 Å². The van der Waals surface area contributed by atoms with E-state index < -0.39 is 42.1 Å². The lowest BCUT2D eigenvalue weighted by atomic mass is 10.2. The Bertz CT molecular complexity index is 2760. The molecule has 0 fully saturated rings. The third-order valence-electron chi connectivity index (χ3n) is 8.41. The fourth-order valence-corrected chi connectivity index (χ4v) is 5.70. The fourth-order valence-electron chi connectivity index (χ4n) is 5.70. The lowest BCUT2D eigenvalue weighted by molar-refractivity contribution is -0.144. The number of carbonyl (C=O) groups excluding carboxylic acids is 1. The molecule has 0 amide bonds. The number of carbonyl (C=O) groups is 2. The van der Waals surface area contributed by atoms with Crippen LogP contribution < -0.4 is 15.2 Å². The second kappa shape index (κ2) is 18.0. The SMILES string of the molecule is Cn1nc(CC(=O)COc2ccc(-c3cnc4ccccn34)cn2)cc1C(F)(F)F.Cn1nc(N)cc1C(F)(F)F.O=C(O)COc1ccc(-c2cnc3ccccn23)cn1. The molecule has 0 spiro atoms. The molecule has 0 aliphatic carbocycles. The van der Waals surface area contributed by atoms with E-state index in [1.54, 1.807) is 43.0 Å². The van der Waals surface area contributed by atoms with Gasteiger partial charge in [-0.05, 0) is 42.5 Å². The monoisotopic (exact) mass is 849 g/mol. The highest BCUT2D eigenvalue weighted by Gasteiger charge is 2.35. The minimum atomic E-state index is -4.52. The van der Waals surface area contributed by atoms with E-state index >= 15 is 0 Å². The number of anilines is 1. The number of hydrogen-bond acceptors (Lipinski definition) is 11. The molecule has 0 aliphatic rings. The number of rotatable bonds is 10. The molecule has 8 rings (SSSR count). The average Bonchev–Trinajstić information content (AvgIpc) is 4.02. The van der Waals surface area contributed by atoms with E-state index in [2.05, 4.69) is 30.1 Å². The topological polar surface area (TPSA) is 195 Å². The molecule has 0 atom stereocenters. The first-order valence-electron chi connectivity index (χ1n) is 17.7. The molecule has 3 N–H and O–H groups in total. The first kappa shape index (κ1) is 42.8. The van der Waals surface area contributed by atoms with Crippen molar-refractivity contribution in [3.63, 3.8) is 0 Å². The van der Waals surface area contributed by atoms with Crippen LogP contribution >= 0.6 is 0 Å². The minimum Gasteiger partial charge on any atom is -0.479 e. The molecule has 0 aliphatic heterocycles. The Morgan fingerprint density at radius 1 is 0.656 bits per heavy atom. The summed E-state index contributed by atoms with van der Waals surface area (Å²) in [6, 6.07) is 20.0. The predicted molar refractivity (Wildman–Crippen MR) is 205 cm³/mol. The number of nitrogens with zero attached hydrogens (tertiary/aromatic N) is 10. The molecule has 0 saturated heterocycles. The molecule has 8 aromatic heterocycles. The van der Waals surface area contributed by atoms with Crippen molar-refractivity contribution in [1.82, 2.24) is 48.3 Å². The van der Waals surface area contributed by atoms with Crippen LogP contribution in [0.3, 0.4) is 0 Å². The van der Waals surface area contributed by atoms with Gasteiger partial charge in [0, 0.05) is 68.2 Å². The number of ketones is 1. The first-order valence-corrected chi connectivity index (χ1v) is 17.7. The number of imidazole rings is 2. The summed E-state index contributed by atoms with van der Waals surface area (Å²) >= 11 is 0. The number of carboxylic acids is 1. The van der Waals surface area contributed by atoms with Gasteiger partial charge in [0.1, 0.15) is 35.1 Å². The van der Waals surface area contributed by atoms with E-state index in [0.717, 1.165) is 45.9 Å². The summed E-state index contributed by atoms with van der Waals surface area (Å²) in [5, 5.41) is 15.6. The number of alkyl halides is 6. The second-order valence-corrected chi connectivity index (χ2v) is 12.8. The number of nitrogen functional groups attached to an aromatic ring is 1. The molecule has 0 aromatic carbocycles. The van der Waals surface area contributed by atoms with E-state index in [1.165, 1.54) is 14.1 Å². The zero-order chi connectivity index (χ0) is 43.9. The Labute approximate surface area is 340 Å². The van der Waals surface area contributed by atoms with Crippen LogP contribution in [-0.2, 0) is 42.5 Å². The molecule has 22 heteroatoms. The molecule has 0 radical (unpaired) electrons. The Hall–Kier alpha value is -7.78. The maximum Gasteiger partial charge on any atom is 0.433 e. The number of ether oxygens (including phenoxy) is 2. The standard InChI is InChI=1S/C20H16F3N5O2.C14H11N3O3.C5H6F3N3/c1-27-17(20(21,22)23)9-14(26-27)8-15(29)12-30-19-6-5-13(10-25-19)16-11-24-18-4-2-3-7-28(16)18;18-14(19)9-20-13-5-4-10(7-16-13)11-8-15-12-3-1-2-6-17(11)12;1-11-3(5(6,7)8)2-4(9)10-11/h2-7,9-11H,8,12H2,1H3;1-8H,9H2,(H,18,19);2H,1H3,(H2,9,10). The van der Waals surface area contributed by atoms with E-state index in [1.807, 2.05) is 63.7 Å². The van der Waals surface area contributed by atoms with Crippen LogP contribution in [0.15, 0.2) is 110 Å². The van der Waals surface area contributed by atoms with Gasteiger partial charge in [-0.25, -0.2) is 24.7 Å². The van der Waals surface area contributed by atoms with Crippen LogP contribution in [0.1, 0.15) is 17.1 Å². The van der Waals surface area contributed by atoms with Crippen LogP contribution in [-0.4, -0.2) is 78.4 Å². The maximum atomic E-state index is 12.8. The van der Waals surface area contributed by atoms with Crippen molar-refractivity contribution in [2.75, 3.05) is 18.9 Å². The number of nitrogens with two attached hydrogens (primary N) is 1. The Morgan fingerprint density at radius 3 is 1.56 bits per heavy atom. The van der Waals surface area contributed by atoms with Gasteiger partial charge in [0.25, 0.3) is 0 Å². The smallest absolute Gasteiger partial charge is 0.433 e. The number of aromatic nitrogens is 10. The highest BCUT2D eigenvalue weighted by atomic mass is 19.4. The van der Waals surface area contributed by atoms with Gasteiger partial charge in [0.15, 0.2) is 12.4 Å². The zero-order valence-corrected chi connectivity index (χ0v) is 31.9. The largest absolute Gasteiger partial charge is 0.479 e. The van der Waals surface area contributed by atoms with E-state index in [0.29, 0.717) is 9.36 Å². The van der Waals surface area contributed by atoms with E-state index in [4.69, 9.17) is 20.3 Å². The zero-order valence-electron chi connectivity index (χ0n) is 31.9. The van der Waals surface area contributed by atoms with Crippen LogP contribution in [0, 0.1) is 0 Å². The lowest BCUT2D eigenvalue weighted by Gasteiger charge is -2.05. The molecule has 0 unspecified atom stereocenters. The number of halogens is 6. The molecule has 16 nitrogen and oxygen atoms in total. The highest BCUT2D eigenvalue weighted by Crippen LogP contribution is 2.30. The van der Waals surface area contributed by atoms with Crippen LogP contribution in [0.25, 0.3) is 33.8 Å². The highest BCUT2D eigenvalue weighted by molar-refractivity contribution is 5.82. The number of aliphatic carboxylic acids is 1. The summed E-state index contributed by atoms with van der Waals surface area (Å²) in [6.45, 7) is -0.720. The third kappa shape index (κ3) is 10.8. The van der Waals surface area contributed by atoms with Crippen molar-refractivity contribution in [3.05, 3.63) is 127 Å². The molecule has 0 bridgehead atoms. The van der Waals surface area contributed by atoms with Crippen molar-refractivity contribution in [1.29, 1.82) is 0 Å². The number of carboxylic acid groups (broad SMARTS) is 1. The van der Waals surface area contributed by atoms with Gasteiger partial charge in [-0.15, -0.1) is 0 Å². The third-order valence-corrected chi connectivity index (χ3v) is 8.41. The molecule has 8 aromatic rings. The number of pyridine rings is 4. The van der Waals surface area contributed by atoms with Crippen LogP contribution in [0.5, 0.6) is 11.8 Å². The number of aryl methyl sites for hydroxylation is 2. The normalized spacial score (nSPS) is 11.4. The molecule has 0 saturated carbocycles. The summed E-state index contributed by atoms with van der Waals surface area (Å²) < 4.78 is 89.9. The van der Waals surface area contributed by atoms with Crippen molar-refractivity contribution in [3.8, 4) is 34.3 Å². The van der Waals surface area contributed by atoms with Gasteiger partial charge >= 0.3 is 18.3 Å². The first-order chi connectivity index (χ1) is 29.0. The summed E-state index contributed by atoms with van der Waals surface area (Å²) in [6.07, 6.45) is 1.39. The summed E-state index contributed by atoms with van der Waals surface area (Å²) in [5.74, 6) is -1.05. The Kier molecular flexibility index (Phi) is 12.6. The van der Waals surface area contributed by atoms with E-state index in [-0.39, 0.29) is 36.3 Å². The number of hydrogen-bond donors (Lipinski definition) is 2. The Morgan fingerprint density at radius 2 is 1.15 bits per heavy atom. The van der Waals surface area contributed by atoms with Crippen molar-refractivity contribution >= 4 is 28.9 Å². The summed E-state index contributed by atoms with van der Waals surface area (Å²) in [5.41, 5.74) is 8.47. The van der Waals surface area contributed by atoms with Gasteiger partial charge in [-0.3, -0.25) is 23.0 Å². The number of Topliss-reactive ketones (excluding diaryl/α,β-unsaturated/α-hetero) is 1. The molecular formula is C39H33F6N11O5. The molecule has 61 heavy (non-hydrogen) atoms. The summed E-state index contributed by atoms with van der Waals surface area (Å²) in [4.78, 5) is 39.4. The van der Waals surface area contributed by atoms with Crippen LogP contribution in [0.2, 0.25) is 0 Å². The van der Waals surface area contributed by atoms with Crippen molar-refractivity contribution < 1.29 is 50.5 Å². The average molecular weight is 850 g/mol. The summed E-state index contributed by atoms with van der Waals surface area (Å²) in [7, 11) is 2.38. The lowest BCUT2D eigenvalue weighted by Crippen LogP contribution is -2.14. The van der Waals surface area contributed by atoms with E-state index in [9.17, 15) is 35.9 Å². The van der Waals surface area contributed by atoms with Gasteiger partial charge in [0.05, 0.1) is 35.9 Å². The molecule has 316 valence electrons.